The number of methoxy groups -OCH3 is 1. The summed E-state index contributed by atoms with van der Waals surface area (Å²) in [5.41, 5.74) is 1.30. The van der Waals surface area contributed by atoms with Gasteiger partial charge in [0.1, 0.15) is 5.60 Å². The quantitative estimate of drug-likeness (QED) is 0.589. The highest BCUT2D eigenvalue weighted by Crippen LogP contribution is 2.78. The van der Waals surface area contributed by atoms with Crippen molar-refractivity contribution in [3.8, 4) is 0 Å². The highest BCUT2D eigenvalue weighted by Gasteiger charge is 2.80. The molecule has 1 aliphatic heterocycles. The number of amides is 1. The first-order valence-corrected chi connectivity index (χ1v) is 12.8. The second-order valence-corrected chi connectivity index (χ2v) is 12.0. The average molecular weight is 456 g/mol. The maximum Gasteiger partial charge on any atom is 0.409 e. The van der Waals surface area contributed by atoms with Gasteiger partial charge in [0, 0.05) is 24.6 Å². The van der Waals surface area contributed by atoms with E-state index in [0.717, 1.165) is 24.8 Å². The number of carbonyl (C=O) groups excluding carboxylic acids is 1. The van der Waals surface area contributed by atoms with Crippen LogP contribution >= 0.6 is 0 Å². The molecule has 4 saturated carbocycles. The highest BCUT2D eigenvalue weighted by atomic mass is 16.6. The molecule has 2 heterocycles. The normalized spacial score (nSPS) is 47.5. The van der Waals surface area contributed by atoms with Crippen LogP contribution in [0, 0.1) is 28.6 Å². The summed E-state index contributed by atoms with van der Waals surface area (Å²) in [6.07, 6.45) is 11.0. The van der Waals surface area contributed by atoms with Crippen LogP contribution in [-0.4, -0.2) is 42.9 Å². The topological polar surface area (TPSA) is 72.3 Å². The zero-order chi connectivity index (χ0) is 23.2. The Morgan fingerprint density at radius 1 is 1.09 bits per heavy atom. The van der Waals surface area contributed by atoms with Crippen molar-refractivity contribution in [2.24, 2.45) is 28.6 Å². The van der Waals surface area contributed by atoms with Crippen LogP contribution in [0.3, 0.4) is 0 Å². The minimum Gasteiger partial charge on any atom is -0.453 e. The Labute approximate surface area is 196 Å². The zero-order valence-corrected chi connectivity index (χ0v) is 20.3. The van der Waals surface area contributed by atoms with E-state index in [2.05, 4.69) is 13.8 Å². The summed E-state index contributed by atoms with van der Waals surface area (Å²) in [5.74, 6) is 2.35. The molecule has 33 heavy (non-hydrogen) atoms. The lowest BCUT2D eigenvalue weighted by molar-refractivity contribution is -0.133. The Hall–Kier alpha value is -1.82. The molecule has 1 saturated heterocycles. The number of nitrogens with zero attached hydrogens (tertiary/aromatic N) is 1. The maximum atomic E-state index is 12.1. The molecule has 180 valence electrons. The summed E-state index contributed by atoms with van der Waals surface area (Å²) in [5, 5.41) is 0. The third kappa shape index (κ3) is 2.76. The van der Waals surface area contributed by atoms with Gasteiger partial charge in [0.15, 0.2) is 0 Å². The largest absolute Gasteiger partial charge is 0.453 e. The Balaban J connectivity index is 1.26. The maximum absolute atomic E-state index is 12.1. The fourth-order valence-corrected chi connectivity index (χ4v) is 9.38. The molecule has 6 heteroatoms. The van der Waals surface area contributed by atoms with Crippen LogP contribution in [0.2, 0.25) is 0 Å². The van der Waals surface area contributed by atoms with Crippen molar-refractivity contribution in [3.63, 3.8) is 0 Å². The summed E-state index contributed by atoms with van der Waals surface area (Å²) >= 11 is 0. The van der Waals surface area contributed by atoms with Gasteiger partial charge in [-0.1, -0.05) is 13.8 Å². The number of rotatable bonds is 2. The Morgan fingerprint density at radius 3 is 2.64 bits per heavy atom. The second-order valence-electron chi connectivity index (χ2n) is 12.0. The lowest BCUT2D eigenvalue weighted by Crippen LogP contribution is -2.59. The minimum atomic E-state index is -0.276. The molecule has 1 spiro atoms. The number of fused-ring (bicyclic) bond motifs is 3. The first-order chi connectivity index (χ1) is 15.7. The monoisotopic (exact) mass is 455 g/mol. The van der Waals surface area contributed by atoms with Crippen LogP contribution in [0.4, 0.5) is 4.79 Å². The van der Waals surface area contributed by atoms with Gasteiger partial charge in [-0.15, -0.1) is 0 Å². The molecular weight excluding hydrogens is 418 g/mol. The van der Waals surface area contributed by atoms with E-state index in [0.29, 0.717) is 35.2 Å². The van der Waals surface area contributed by atoms with Crippen molar-refractivity contribution in [2.45, 2.75) is 88.9 Å². The van der Waals surface area contributed by atoms with Crippen molar-refractivity contribution >= 4 is 6.09 Å². The third-order valence-electron chi connectivity index (χ3n) is 11.2. The standard InChI is InChI=1S/C27H37NO5/c1-25-11-9-18(28(3)24(30)31-4)13-17(25)6-7-20-19(25)10-12-26(2)21(14-22-27(20,26)33-22)16-5-8-23(29)32-15-16/h5,8,15,17-22H,6-7,9-14H2,1-4H3/t17-,18+,19+,20-,21-,22-,25+,26-,27-/m1/s1. The fraction of sp³-hybridized carbons (Fsp3) is 0.778. The Morgan fingerprint density at radius 2 is 1.91 bits per heavy atom. The molecule has 5 aliphatic rings. The van der Waals surface area contributed by atoms with Gasteiger partial charge in [-0.05, 0) is 92.1 Å². The summed E-state index contributed by atoms with van der Waals surface area (Å²) in [4.78, 5) is 25.5. The van der Waals surface area contributed by atoms with Gasteiger partial charge >= 0.3 is 11.7 Å². The first kappa shape index (κ1) is 21.7. The number of hydrogen-bond donors (Lipinski definition) is 0. The van der Waals surface area contributed by atoms with E-state index in [9.17, 15) is 9.59 Å². The SMILES string of the molecule is COC(=O)N(C)[C@H]1CC[C@@]2(C)[C@H](CC[C@@H]3[C@@H]2CC[C@]2(C)[C@@H](c4ccc(=O)oc4)C[C@H]4O[C@]342)C1. The van der Waals surface area contributed by atoms with Crippen LogP contribution in [0.15, 0.2) is 27.6 Å². The van der Waals surface area contributed by atoms with E-state index in [4.69, 9.17) is 13.9 Å². The number of carbonyl (C=O) groups is 1. The smallest absolute Gasteiger partial charge is 0.409 e. The molecule has 6 nitrogen and oxygen atoms in total. The molecule has 9 atom stereocenters. The molecule has 1 aromatic rings. The van der Waals surface area contributed by atoms with Gasteiger partial charge in [0.05, 0.1) is 19.5 Å². The van der Waals surface area contributed by atoms with Crippen molar-refractivity contribution < 1.29 is 18.7 Å². The van der Waals surface area contributed by atoms with E-state index in [-0.39, 0.29) is 28.8 Å². The van der Waals surface area contributed by atoms with E-state index in [1.54, 1.807) is 12.3 Å². The van der Waals surface area contributed by atoms with Crippen molar-refractivity contribution in [1.29, 1.82) is 0 Å². The van der Waals surface area contributed by atoms with E-state index >= 15 is 0 Å². The molecular formula is C27H37NO5. The molecule has 6 rings (SSSR count). The molecule has 0 aromatic carbocycles. The van der Waals surface area contributed by atoms with Crippen molar-refractivity contribution in [2.75, 3.05) is 14.2 Å². The van der Waals surface area contributed by atoms with Gasteiger partial charge in [-0.25, -0.2) is 9.59 Å². The zero-order valence-electron chi connectivity index (χ0n) is 20.3. The molecule has 0 bridgehead atoms. The predicted molar refractivity (Wildman–Crippen MR) is 123 cm³/mol. The van der Waals surface area contributed by atoms with Gasteiger partial charge in [-0.2, -0.15) is 0 Å². The highest BCUT2D eigenvalue weighted by molar-refractivity contribution is 5.67. The molecule has 4 aliphatic carbocycles. The fourth-order valence-electron chi connectivity index (χ4n) is 9.38. The summed E-state index contributed by atoms with van der Waals surface area (Å²) in [7, 11) is 3.36. The third-order valence-corrected chi connectivity index (χ3v) is 11.2. The minimum absolute atomic E-state index is 0.00957. The summed E-state index contributed by atoms with van der Waals surface area (Å²) in [6.45, 7) is 4.99. The predicted octanol–water partition coefficient (Wildman–Crippen LogP) is 4.96. The number of epoxide rings is 1. The van der Waals surface area contributed by atoms with E-state index < -0.39 is 0 Å². The van der Waals surface area contributed by atoms with Crippen LogP contribution < -0.4 is 5.63 Å². The van der Waals surface area contributed by atoms with Crippen LogP contribution in [-0.2, 0) is 9.47 Å². The Bertz CT molecular complexity index is 1000. The van der Waals surface area contributed by atoms with Crippen LogP contribution in [0.1, 0.15) is 76.7 Å². The van der Waals surface area contributed by atoms with Gasteiger partial charge in [0.25, 0.3) is 0 Å². The average Bonchev–Trinajstić information content (AvgIpc) is 3.48. The van der Waals surface area contributed by atoms with Gasteiger partial charge < -0.3 is 18.8 Å². The van der Waals surface area contributed by atoms with E-state index in [1.807, 2.05) is 18.0 Å². The van der Waals surface area contributed by atoms with Crippen LogP contribution in [0.5, 0.6) is 0 Å². The lowest BCUT2D eigenvalue weighted by Gasteiger charge is -2.61. The van der Waals surface area contributed by atoms with Gasteiger partial charge in [-0.3, -0.25) is 0 Å². The molecule has 0 unspecified atom stereocenters. The van der Waals surface area contributed by atoms with Crippen molar-refractivity contribution in [1.82, 2.24) is 4.90 Å². The lowest BCUT2D eigenvalue weighted by atomic mass is 9.44. The summed E-state index contributed by atoms with van der Waals surface area (Å²) < 4.78 is 16.9. The van der Waals surface area contributed by atoms with Crippen LogP contribution in [0.25, 0.3) is 0 Å². The summed E-state index contributed by atoms with van der Waals surface area (Å²) in [6, 6.07) is 3.83. The van der Waals surface area contributed by atoms with E-state index in [1.165, 1.54) is 39.2 Å². The first-order valence-electron chi connectivity index (χ1n) is 12.8. The van der Waals surface area contributed by atoms with Crippen molar-refractivity contribution in [3.05, 3.63) is 34.4 Å². The second kappa shape index (κ2) is 7.10. The van der Waals surface area contributed by atoms with Gasteiger partial charge in [0.2, 0.25) is 0 Å². The Kier molecular flexibility index (Phi) is 4.66. The number of hydrogen-bond acceptors (Lipinski definition) is 5. The molecule has 1 amide bonds. The molecule has 0 N–H and O–H groups in total. The molecule has 5 fully saturated rings. The number of ether oxygens (including phenoxy) is 2. The molecule has 1 aromatic heterocycles. The molecule has 0 radical (unpaired) electrons.